The lowest BCUT2D eigenvalue weighted by molar-refractivity contribution is 0.111. The van der Waals surface area contributed by atoms with Crippen molar-refractivity contribution in [1.29, 1.82) is 0 Å². The van der Waals surface area contributed by atoms with Crippen molar-refractivity contribution < 1.29 is 4.74 Å². The molecule has 1 heterocycles. The van der Waals surface area contributed by atoms with E-state index in [2.05, 4.69) is 39.7 Å². The van der Waals surface area contributed by atoms with Crippen LogP contribution in [0.5, 0.6) is 0 Å². The van der Waals surface area contributed by atoms with Gasteiger partial charge in [-0.15, -0.1) is 0 Å². The van der Waals surface area contributed by atoms with Gasteiger partial charge in [0.1, 0.15) is 16.6 Å². The first-order valence-electron chi connectivity index (χ1n) is 5.27. The molecule has 1 rings (SSSR count). The highest BCUT2D eigenvalue weighted by molar-refractivity contribution is 9.10. The van der Waals surface area contributed by atoms with Crippen LogP contribution in [-0.4, -0.2) is 17.1 Å². The topological polar surface area (TPSA) is 37.9 Å². The zero-order valence-corrected chi connectivity index (χ0v) is 12.4. The lowest BCUT2D eigenvalue weighted by Crippen LogP contribution is -2.08. The lowest BCUT2D eigenvalue weighted by atomic mass is 10.1. The summed E-state index contributed by atoms with van der Waals surface area (Å²) in [6, 6.07) is 0. The van der Waals surface area contributed by atoms with Crippen LogP contribution in [0.2, 0.25) is 0 Å². The number of nitrogens with one attached hydrogen (secondary N) is 1. The Morgan fingerprint density at radius 2 is 2.06 bits per heavy atom. The number of nitrogens with zero attached hydrogens (tertiary/aromatic N) is 1. The van der Waals surface area contributed by atoms with E-state index in [9.17, 15) is 0 Å². The molecule has 1 aromatic heterocycles. The third-order valence-corrected chi connectivity index (χ3v) is 3.72. The van der Waals surface area contributed by atoms with E-state index in [1.165, 1.54) is 0 Å². The summed E-state index contributed by atoms with van der Waals surface area (Å²) in [5.41, 5.74) is 1.09. The van der Waals surface area contributed by atoms with Crippen LogP contribution in [-0.2, 0) is 11.2 Å². The summed E-state index contributed by atoms with van der Waals surface area (Å²) in [7, 11) is 1.66. The monoisotopic (exact) mass is 304 g/mol. The molecule has 0 amide bonds. The fourth-order valence-corrected chi connectivity index (χ4v) is 1.95. The number of hydrogen-bond donors (Lipinski definition) is 1. The molecule has 0 saturated carbocycles. The number of halogens is 1. The standard InChI is InChI=1S/C11H17BrN2OS/c1-6(2)5-8-9(12)11(16)14-10(13-8)7(3)15-4/h6-7H,5H2,1-4H3,(H,13,14,16). The molecule has 0 aliphatic rings. The molecule has 0 radical (unpaired) electrons. The summed E-state index contributed by atoms with van der Waals surface area (Å²) < 4.78 is 6.72. The summed E-state index contributed by atoms with van der Waals surface area (Å²) in [6.45, 7) is 6.28. The Hall–Kier alpha value is -0.260. The Bertz CT molecular complexity index is 417. The molecule has 1 N–H and O–H groups in total. The molecule has 0 saturated heterocycles. The number of methoxy groups -OCH3 is 1. The van der Waals surface area contributed by atoms with Crippen LogP contribution in [0.1, 0.15) is 38.4 Å². The maximum Gasteiger partial charge on any atom is 0.144 e. The molecule has 3 nitrogen and oxygen atoms in total. The van der Waals surface area contributed by atoms with Gasteiger partial charge in [-0.2, -0.15) is 0 Å². The molecule has 0 bridgehead atoms. The smallest absolute Gasteiger partial charge is 0.144 e. The van der Waals surface area contributed by atoms with Crippen molar-refractivity contribution in [2.24, 2.45) is 5.92 Å². The number of ether oxygens (including phenoxy) is 1. The highest BCUT2D eigenvalue weighted by atomic mass is 79.9. The molecule has 90 valence electrons. The minimum atomic E-state index is -0.0688. The maximum atomic E-state index is 5.24. The van der Waals surface area contributed by atoms with Crippen LogP contribution in [0, 0.1) is 10.6 Å². The van der Waals surface area contributed by atoms with Crippen LogP contribution in [0.4, 0.5) is 0 Å². The van der Waals surface area contributed by atoms with E-state index >= 15 is 0 Å². The molecule has 0 fully saturated rings. The van der Waals surface area contributed by atoms with E-state index in [1.807, 2.05) is 6.92 Å². The predicted octanol–water partition coefficient (Wildman–Crippen LogP) is 3.81. The summed E-state index contributed by atoms with van der Waals surface area (Å²) in [6.07, 6.45) is 0.872. The Labute approximate surface area is 110 Å². The molecule has 1 atom stereocenters. The van der Waals surface area contributed by atoms with E-state index in [1.54, 1.807) is 7.11 Å². The summed E-state index contributed by atoms with van der Waals surface area (Å²) in [5, 5.41) is 0. The second-order valence-electron chi connectivity index (χ2n) is 4.20. The molecule has 0 aromatic carbocycles. The summed E-state index contributed by atoms with van der Waals surface area (Å²) in [4.78, 5) is 7.58. The van der Waals surface area contributed by atoms with Gasteiger partial charge in [0.15, 0.2) is 0 Å². The Morgan fingerprint density at radius 1 is 1.44 bits per heavy atom. The maximum absolute atomic E-state index is 5.24. The molecule has 0 aliphatic heterocycles. The van der Waals surface area contributed by atoms with Crippen molar-refractivity contribution in [3.63, 3.8) is 0 Å². The number of hydrogen-bond acceptors (Lipinski definition) is 3. The average molecular weight is 305 g/mol. The van der Waals surface area contributed by atoms with Crippen LogP contribution >= 0.6 is 28.1 Å². The number of aromatic nitrogens is 2. The number of H-pyrrole nitrogens is 1. The third-order valence-electron chi connectivity index (χ3n) is 2.30. The molecule has 5 heteroatoms. The van der Waals surface area contributed by atoms with E-state index in [0.717, 1.165) is 22.4 Å². The SMILES string of the molecule is COC(C)c1nc(=S)c(Br)c(CC(C)C)[nH]1. The quantitative estimate of drug-likeness (QED) is 0.860. The normalized spacial score (nSPS) is 13.1. The molecule has 1 aromatic rings. The number of aromatic amines is 1. The fraction of sp³-hybridized carbons (Fsp3) is 0.636. The van der Waals surface area contributed by atoms with E-state index in [-0.39, 0.29) is 6.10 Å². The Kier molecular flexibility index (Phi) is 5.08. The largest absolute Gasteiger partial charge is 0.374 e. The van der Waals surface area contributed by atoms with Crippen molar-refractivity contribution in [2.45, 2.75) is 33.3 Å². The molecule has 0 spiro atoms. The van der Waals surface area contributed by atoms with Crippen LogP contribution in [0.15, 0.2) is 4.47 Å². The van der Waals surface area contributed by atoms with Crippen LogP contribution in [0.25, 0.3) is 0 Å². The Balaban J connectivity index is 3.17. The molecule has 16 heavy (non-hydrogen) atoms. The van der Waals surface area contributed by atoms with Crippen molar-refractivity contribution in [3.05, 3.63) is 20.6 Å². The minimum Gasteiger partial charge on any atom is -0.374 e. The second-order valence-corrected chi connectivity index (χ2v) is 5.38. The predicted molar refractivity (Wildman–Crippen MR) is 71.1 cm³/mol. The highest BCUT2D eigenvalue weighted by Gasteiger charge is 2.12. The van der Waals surface area contributed by atoms with Gasteiger partial charge in [0.05, 0.1) is 4.47 Å². The van der Waals surface area contributed by atoms with Crippen molar-refractivity contribution in [2.75, 3.05) is 7.11 Å². The first-order valence-corrected chi connectivity index (χ1v) is 6.47. The van der Waals surface area contributed by atoms with E-state index < -0.39 is 0 Å². The van der Waals surface area contributed by atoms with Gasteiger partial charge in [-0.05, 0) is 35.2 Å². The molecule has 0 aliphatic carbocycles. The van der Waals surface area contributed by atoms with Crippen LogP contribution < -0.4 is 0 Å². The zero-order valence-electron chi connectivity index (χ0n) is 10.0. The third kappa shape index (κ3) is 3.37. The van der Waals surface area contributed by atoms with Gasteiger partial charge in [0.25, 0.3) is 0 Å². The van der Waals surface area contributed by atoms with Gasteiger partial charge in [0, 0.05) is 12.8 Å². The minimum absolute atomic E-state index is 0.0688. The van der Waals surface area contributed by atoms with Crippen molar-refractivity contribution >= 4 is 28.1 Å². The Morgan fingerprint density at radius 3 is 2.56 bits per heavy atom. The zero-order chi connectivity index (χ0) is 12.3. The van der Waals surface area contributed by atoms with Crippen molar-refractivity contribution in [1.82, 2.24) is 9.97 Å². The number of rotatable bonds is 4. The second kappa shape index (κ2) is 5.89. The van der Waals surface area contributed by atoms with E-state index in [4.69, 9.17) is 17.0 Å². The van der Waals surface area contributed by atoms with Gasteiger partial charge >= 0.3 is 0 Å². The lowest BCUT2D eigenvalue weighted by Gasteiger charge is -2.13. The summed E-state index contributed by atoms with van der Waals surface area (Å²) in [5.74, 6) is 1.35. The molecular formula is C11H17BrN2OS. The van der Waals surface area contributed by atoms with Crippen LogP contribution in [0.3, 0.4) is 0 Å². The molecular weight excluding hydrogens is 288 g/mol. The first kappa shape index (κ1) is 13.8. The van der Waals surface area contributed by atoms with Crippen molar-refractivity contribution in [3.8, 4) is 0 Å². The fourth-order valence-electron chi connectivity index (χ4n) is 1.38. The van der Waals surface area contributed by atoms with Gasteiger partial charge in [-0.3, -0.25) is 0 Å². The van der Waals surface area contributed by atoms with Gasteiger partial charge < -0.3 is 9.72 Å². The van der Waals surface area contributed by atoms with Gasteiger partial charge in [-0.25, -0.2) is 4.98 Å². The van der Waals surface area contributed by atoms with E-state index in [0.29, 0.717) is 10.6 Å². The molecule has 1 unspecified atom stereocenters. The summed E-state index contributed by atoms with van der Waals surface area (Å²) >= 11 is 8.69. The highest BCUT2D eigenvalue weighted by Crippen LogP contribution is 2.21. The van der Waals surface area contributed by atoms with Gasteiger partial charge in [-0.1, -0.05) is 26.1 Å². The first-order chi connectivity index (χ1) is 7.45. The average Bonchev–Trinajstić information content (AvgIpc) is 2.22. The van der Waals surface area contributed by atoms with Gasteiger partial charge in [0.2, 0.25) is 0 Å².